The number of benzene rings is 2. The number of oxime groups is 1. The molecule has 26 heavy (non-hydrogen) atoms. The molecule has 0 N–H and O–H groups in total. The summed E-state index contributed by atoms with van der Waals surface area (Å²) in [6.07, 6.45) is 0. The molecule has 1 aliphatic carbocycles. The van der Waals surface area contributed by atoms with Gasteiger partial charge in [0.25, 0.3) is 0 Å². The van der Waals surface area contributed by atoms with Gasteiger partial charge in [0, 0.05) is 18.1 Å². The first-order chi connectivity index (χ1) is 12.6. The molecule has 3 aromatic rings. The number of hydrogen-bond acceptors (Lipinski definition) is 6. The lowest BCUT2D eigenvalue weighted by Crippen LogP contribution is -2.24. The molecule has 1 aliphatic rings. The second-order valence-electron chi connectivity index (χ2n) is 5.83. The maximum absolute atomic E-state index is 13.0. The molecule has 0 spiro atoms. The van der Waals surface area contributed by atoms with E-state index in [0.29, 0.717) is 34.8 Å². The van der Waals surface area contributed by atoms with Gasteiger partial charge < -0.3 is 4.84 Å². The van der Waals surface area contributed by atoms with Crippen molar-refractivity contribution in [3.63, 3.8) is 0 Å². The Hall–Kier alpha value is -3.61. The molecule has 0 unspecified atom stereocenters. The lowest BCUT2D eigenvalue weighted by Gasteiger charge is -2.16. The highest BCUT2D eigenvalue weighted by Gasteiger charge is 2.34. The first kappa shape index (κ1) is 15.9. The second kappa shape index (κ2) is 6.36. The van der Waals surface area contributed by atoms with E-state index in [2.05, 4.69) is 15.5 Å². The number of nitrogens with zero attached hydrogens (tertiary/aromatic N) is 4. The Kier molecular flexibility index (Phi) is 3.89. The van der Waals surface area contributed by atoms with Crippen molar-refractivity contribution < 1.29 is 14.4 Å². The van der Waals surface area contributed by atoms with Crippen LogP contribution in [0.1, 0.15) is 39.8 Å². The summed E-state index contributed by atoms with van der Waals surface area (Å²) < 4.78 is 1.55. The Labute approximate surface area is 148 Å². The Morgan fingerprint density at radius 1 is 1.08 bits per heavy atom. The van der Waals surface area contributed by atoms with Crippen molar-refractivity contribution >= 4 is 17.5 Å². The second-order valence-corrected chi connectivity index (χ2v) is 5.83. The number of carbonyl (C=O) groups excluding carboxylic acids is 2. The summed E-state index contributed by atoms with van der Waals surface area (Å²) in [5, 5.41) is 12.2. The third-order valence-electron chi connectivity index (χ3n) is 4.04. The van der Waals surface area contributed by atoms with Gasteiger partial charge in [-0.15, -0.1) is 5.10 Å². The van der Waals surface area contributed by atoms with Gasteiger partial charge in [0.15, 0.2) is 0 Å². The molecule has 0 bridgehead atoms. The molecule has 0 amide bonds. The third kappa shape index (κ3) is 2.69. The molecule has 2 aromatic carbocycles. The lowest BCUT2D eigenvalue weighted by atomic mass is 9.89. The van der Waals surface area contributed by atoms with Crippen molar-refractivity contribution in [2.24, 2.45) is 5.16 Å². The fourth-order valence-electron chi connectivity index (χ4n) is 2.91. The Morgan fingerprint density at radius 3 is 2.50 bits per heavy atom. The highest BCUT2D eigenvalue weighted by atomic mass is 16.7. The van der Waals surface area contributed by atoms with Crippen LogP contribution in [-0.2, 0) is 16.2 Å². The molecule has 7 heteroatoms. The third-order valence-corrected chi connectivity index (χ3v) is 4.04. The Balaban J connectivity index is 1.84. The van der Waals surface area contributed by atoms with E-state index in [4.69, 9.17) is 4.84 Å². The minimum absolute atomic E-state index is 0.182. The lowest BCUT2D eigenvalue weighted by molar-refractivity contribution is -0.140. The number of fused-ring (bicyclic) bond motifs is 2. The molecular formula is C19H14N4O3. The predicted octanol–water partition coefficient (Wildman–Crippen LogP) is 2.19. The average molecular weight is 346 g/mol. The van der Waals surface area contributed by atoms with Gasteiger partial charge in [0.05, 0.1) is 6.54 Å². The van der Waals surface area contributed by atoms with Crippen LogP contribution >= 0.6 is 0 Å². The van der Waals surface area contributed by atoms with Crippen LogP contribution in [0.15, 0.2) is 59.8 Å². The van der Waals surface area contributed by atoms with Gasteiger partial charge in [0.1, 0.15) is 17.1 Å². The zero-order chi connectivity index (χ0) is 18.1. The van der Waals surface area contributed by atoms with Crippen LogP contribution < -0.4 is 0 Å². The normalized spacial score (nSPS) is 14.0. The topological polar surface area (TPSA) is 86.4 Å². The summed E-state index contributed by atoms with van der Waals surface area (Å²) in [6, 6.07) is 16.7. The van der Waals surface area contributed by atoms with Gasteiger partial charge in [-0.25, -0.2) is 9.48 Å². The molecule has 7 nitrogen and oxygen atoms in total. The number of ketones is 1. The van der Waals surface area contributed by atoms with Crippen molar-refractivity contribution in [1.82, 2.24) is 15.0 Å². The molecule has 1 heterocycles. The molecule has 1 aromatic heterocycles. The summed E-state index contributed by atoms with van der Waals surface area (Å²) in [5.74, 6) is -0.733. The van der Waals surface area contributed by atoms with Crippen molar-refractivity contribution in [3.8, 4) is 0 Å². The summed E-state index contributed by atoms with van der Waals surface area (Å²) in [7, 11) is 0. The molecule has 0 atom stereocenters. The van der Waals surface area contributed by atoms with Crippen molar-refractivity contribution in [1.29, 1.82) is 0 Å². The van der Waals surface area contributed by atoms with Crippen molar-refractivity contribution in [3.05, 3.63) is 82.7 Å². The molecule has 4 rings (SSSR count). The molecular weight excluding hydrogens is 332 g/mol. The minimum Gasteiger partial charge on any atom is -0.318 e. The molecule has 0 aliphatic heterocycles. The van der Waals surface area contributed by atoms with Crippen LogP contribution in [0.3, 0.4) is 0 Å². The molecule has 0 radical (unpaired) electrons. The van der Waals surface area contributed by atoms with E-state index in [9.17, 15) is 9.59 Å². The fraction of sp³-hybridized carbons (Fsp3) is 0.105. The van der Waals surface area contributed by atoms with Crippen molar-refractivity contribution in [2.45, 2.75) is 13.5 Å². The van der Waals surface area contributed by atoms with Gasteiger partial charge in [-0.05, 0) is 5.56 Å². The quantitative estimate of drug-likeness (QED) is 0.419. The van der Waals surface area contributed by atoms with Crippen LogP contribution in [0, 0.1) is 0 Å². The summed E-state index contributed by atoms with van der Waals surface area (Å²) in [5.41, 5.74) is 3.00. The first-order valence-corrected chi connectivity index (χ1v) is 8.02. The zero-order valence-electron chi connectivity index (χ0n) is 13.9. The smallest absolute Gasteiger partial charge is 0.318 e. The van der Waals surface area contributed by atoms with Gasteiger partial charge in [-0.3, -0.25) is 4.79 Å². The van der Waals surface area contributed by atoms with E-state index in [1.54, 1.807) is 28.9 Å². The molecule has 0 saturated heterocycles. The highest BCUT2D eigenvalue weighted by molar-refractivity contribution is 6.28. The fourth-order valence-corrected chi connectivity index (χ4v) is 2.91. The van der Waals surface area contributed by atoms with Gasteiger partial charge in [-0.1, -0.05) is 65.0 Å². The predicted molar refractivity (Wildman–Crippen MR) is 92.8 cm³/mol. The number of rotatable bonds is 3. The monoisotopic (exact) mass is 346 g/mol. The minimum atomic E-state index is -0.551. The van der Waals surface area contributed by atoms with Crippen LogP contribution in [0.2, 0.25) is 0 Å². The molecule has 128 valence electrons. The van der Waals surface area contributed by atoms with E-state index in [0.717, 1.165) is 5.56 Å². The maximum Gasteiger partial charge on any atom is 0.332 e. The van der Waals surface area contributed by atoms with Gasteiger partial charge in [-0.2, -0.15) is 0 Å². The Morgan fingerprint density at radius 2 is 1.77 bits per heavy atom. The standard InChI is InChI=1S/C19H14N4O3/c1-12(24)26-21-16-14-9-5-6-10-15(14)19(25)18-17(16)20-22-23(18)11-13-7-3-2-4-8-13/h2-10H,11H2,1H3. The van der Waals surface area contributed by atoms with Gasteiger partial charge >= 0.3 is 5.97 Å². The molecule has 0 fully saturated rings. The van der Waals surface area contributed by atoms with E-state index in [1.165, 1.54) is 6.92 Å². The van der Waals surface area contributed by atoms with Gasteiger partial charge in [0.2, 0.25) is 5.78 Å². The highest BCUT2D eigenvalue weighted by Crippen LogP contribution is 2.27. The van der Waals surface area contributed by atoms with Crippen LogP contribution in [0.5, 0.6) is 0 Å². The maximum atomic E-state index is 13.0. The Bertz CT molecular complexity index is 1040. The van der Waals surface area contributed by atoms with Crippen LogP contribution in [0.25, 0.3) is 0 Å². The van der Waals surface area contributed by atoms with E-state index in [1.807, 2.05) is 30.3 Å². The molecule has 0 saturated carbocycles. The summed E-state index contributed by atoms with van der Waals surface area (Å²) in [4.78, 5) is 29.0. The number of aromatic nitrogens is 3. The van der Waals surface area contributed by atoms with E-state index < -0.39 is 5.97 Å². The SMILES string of the molecule is CC(=O)ON=C1c2ccccc2C(=O)c2c1nnn2Cc1ccccc1. The first-order valence-electron chi connectivity index (χ1n) is 8.02. The average Bonchev–Trinajstić information content (AvgIpc) is 3.06. The van der Waals surface area contributed by atoms with Crippen molar-refractivity contribution in [2.75, 3.05) is 0 Å². The summed E-state index contributed by atoms with van der Waals surface area (Å²) >= 11 is 0. The zero-order valence-corrected chi connectivity index (χ0v) is 13.9. The number of hydrogen-bond donors (Lipinski definition) is 0. The summed E-state index contributed by atoms with van der Waals surface area (Å²) in [6.45, 7) is 1.66. The van der Waals surface area contributed by atoms with E-state index >= 15 is 0 Å². The largest absolute Gasteiger partial charge is 0.332 e. The van der Waals surface area contributed by atoms with Crippen LogP contribution in [0.4, 0.5) is 0 Å². The van der Waals surface area contributed by atoms with Crippen LogP contribution in [-0.4, -0.2) is 32.5 Å². The number of carbonyl (C=O) groups is 2. The van der Waals surface area contributed by atoms with E-state index in [-0.39, 0.29) is 5.78 Å².